The highest BCUT2D eigenvalue weighted by Gasteiger charge is 2.30. The van der Waals surface area contributed by atoms with E-state index in [1.807, 2.05) is 24.3 Å². The molecular weight excluding hydrogens is 390 g/mol. The summed E-state index contributed by atoms with van der Waals surface area (Å²) in [6, 6.07) is 14.0. The fourth-order valence-corrected chi connectivity index (χ4v) is 5.10. The van der Waals surface area contributed by atoms with Crippen molar-refractivity contribution in [2.75, 3.05) is 24.1 Å². The van der Waals surface area contributed by atoms with Crippen LogP contribution in [0.3, 0.4) is 0 Å². The van der Waals surface area contributed by atoms with Crippen LogP contribution in [0.4, 0.5) is 5.69 Å². The van der Waals surface area contributed by atoms with Crippen molar-refractivity contribution >= 4 is 27.8 Å². The summed E-state index contributed by atoms with van der Waals surface area (Å²) >= 11 is 0. The fraction of sp³-hybridized carbons (Fsp3) is 0.318. The molecule has 1 unspecified atom stereocenters. The summed E-state index contributed by atoms with van der Waals surface area (Å²) in [6.45, 7) is 1.42. The topological polar surface area (TPSA) is 72.9 Å². The van der Waals surface area contributed by atoms with Gasteiger partial charge >= 0.3 is 5.97 Å². The van der Waals surface area contributed by atoms with Gasteiger partial charge in [0.05, 0.1) is 16.7 Å². The third kappa shape index (κ3) is 4.36. The summed E-state index contributed by atoms with van der Waals surface area (Å²) in [5.41, 5.74) is 2.50. The molecule has 0 saturated carbocycles. The van der Waals surface area contributed by atoms with Gasteiger partial charge in [-0.25, -0.2) is 13.2 Å². The average Bonchev–Trinajstić information content (AvgIpc) is 3.41. The van der Waals surface area contributed by atoms with Gasteiger partial charge in [-0.3, -0.25) is 4.31 Å². The Morgan fingerprint density at radius 2 is 1.97 bits per heavy atom. The number of hydrogen-bond donors (Lipinski definition) is 0. The van der Waals surface area contributed by atoms with E-state index >= 15 is 0 Å². The molecule has 2 aromatic rings. The molecule has 0 aliphatic carbocycles. The Morgan fingerprint density at radius 1 is 1.17 bits per heavy atom. The number of carbonyl (C=O) groups is 1. The summed E-state index contributed by atoms with van der Waals surface area (Å²) in [5, 5.41) is 0. The monoisotopic (exact) mass is 413 g/mol. The van der Waals surface area contributed by atoms with Crippen LogP contribution in [0.1, 0.15) is 24.0 Å². The maximum Gasteiger partial charge on any atom is 0.330 e. The molecule has 29 heavy (non-hydrogen) atoms. The highest BCUT2D eigenvalue weighted by molar-refractivity contribution is 7.92. The third-order valence-corrected chi connectivity index (χ3v) is 6.99. The Morgan fingerprint density at radius 3 is 2.72 bits per heavy atom. The van der Waals surface area contributed by atoms with Gasteiger partial charge in [-0.05, 0) is 54.7 Å². The number of para-hydroxylation sites is 1. The first-order valence-corrected chi connectivity index (χ1v) is 11.2. The van der Waals surface area contributed by atoms with Gasteiger partial charge in [0.15, 0.2) is 0 Å². The van der Waals surface area contributed by atoms with E-state index in [0.717, 1.165) is 36.3 Å². The minimum Gasteiger partial charge on any atom is -0.460 e. The third-order valence-electron chi connectivity index (χ3n) is 5.16. The summed E-state index contributed by atoms with van der Waals surface area (Å²) in [4.78, 5) is 12.1. The van der Waals surface area contributed by atoms with Crippen molar-refractivity contribution in [1.29, 1.82) is 0 Å². The van der Waals surface area contributed by atoms with Crippen molar-refractivity contribution in [2.24, 2.45) is 0 Å². The lowest BCUT2D eigenvalue weighted by Gasteiger charge is -2.19. The molecule has 2 heterocycles. The molecule has 0 bridgehead atoms. The van der Waals surface area contributed by atoms with Crippen LogP contribution in [0.15, 0.2) is 59.5 Å². The van der Waals surface area contributed by atoms with Gasteiger partial charge in [0, 0.05) is 19.2 Å². The molecule has 2 aliphatic heterocycles. The van der Waals surface area contributed by atoms with Crippen LogP contribution in [0.5, 0.6) is 0 Å². The predicted octanol–water partition coefficient (Wildman–Crippen LogP) is 3.17. The Kier molecular flexibility index (Phi) is 5.69. The summed E-state index contributed by atoms with van der Waals surface area (Å²) in [5.74, 6) is -0.439. The zero-order valence-corrected chi connectivity index (χ0v) is 16.8. The van der Waals surface area contributed by atoms with E-state index in [1.54, 1.807) is 30.3 Å². The summed E-state index contributed by atoms with van der Waals surface area (Å²) in [7, 11) is -3.61. The zero-order chi connectivity index (χ0) is 20.3. The molecule has 152 valence electrons. The standard InChI is InChI=1S/C22H23NO5S/c24-22(28-16-19-5-3-15-27-19)12-9-17-7-10-20(11-8-17)29(25,26)23-14-13-18-4-1-2-6-21(18)23/h1-2,4,6-12,19H,3,5,13-16H2/b12-9+. The molecular formula is C22H23NO5S. The van der Waals surface area contributed by atoms with Gasteiger partial charge in [-0.1, -0.05) is 30.3 Å². The Balaban J connectivity index is 1.40. The molecule has 0 radical (unpaired) electrons. The van der Waals surface area contributed by atoms with Crippen LogP contribution in [0.2, 0.25) is 0 Å². The fourth-order valence-electron chi connectivity index (χ4n) is 3.60. The maximum absolute atomic E-state index is 13.0. The molecule has 4 rings (SSSR count). The lowest BCUT2D eigenvalue weighted by atomic mass is 10.2. The number of fused-ring (bicyclic) bond motifs is 1. The van der Waals surface area contributed by atoms with E-state index < -0.39 is 16.0 Å². The van der Waals surface area contributed by atoms with Crippen LogP contribution in [-0.2, 0) is 30.7 Å². The predicted molar refractivity (Wildman–Crippen MR) is 110 cm³/mol. The number of sulfonamides is 1. The first-order valence-electron chi connectivity index (χ1n) is 9.71. The lowest BCUT2D eigenvalue weighted by Crippen LogP contribution is -2.29. The summed E-state index contributed by atoms with van der Waals surface area (Å²) in [6.07, 6.45) is 5.57. The zero-order valence-electron chi connectivity index (χ0n) is 16.0. The quantitative estimate of drug-likeness (QED) is 0.537. The molecule has 6 nitrogen and oxygen atoms in total. The van der Waals surface area contributed by atoms with Gasteiger partial charge in [0.2, 0.25) is 0 Å². The van der Waals surface area contributed by atoms with Crippen molar-refractivity contribution in [3.8, 4) is 0 Å². The normalized spacial score (nSPS) is 18.9. The van der Waals surface area contributed by atoms with Crippen molar-refractivity contribution in [1.82, 2.24) is 0 Å². The van der Waals surface area contributed by atoms with Crippen LogP contribution >= 0.6 is 0 Å². The minimum atomic E-state index is -3.61. The molecule has 0 spiro atoms. The first kappa shape index (κ1) is 19.7. The van der Waals surface area contributed by atoms with Crippen LogP contribution in [0.25, 0.3) is 6.08 Å². The van der Waals surface area contributed by atoms with E-state index in [0.29, 0.717) is 13.0 Å². The number of benzene rings is 2. The molecule has 2 aliphatic rings. The molecule has 2 aromatic carbocycles. The Bertz CT molecular complexity index is 1010. The van der Waals surface area contributed by atoms with Gasteiger partial charge in [-0.15, -0.1) is 0 Å². The molecule has 0 amide bonds. The number of hydrogen-bond acceptors (Lipinski definition) is 5. The number of esters is 1. The van der Waals surface area contributed by atoms with E-state index in [-0.39, 0.29) is 17.6 Å². The van der Waals surface area contributed by atoms with Crippen molar-refractivity contribution in [2.45, 2.75) is 30.3 Å². The van der Waals surface area contributed by atoms with Crippen molar-refractivity contribution in [3.63, 3.8) is 0 Å². The number of anilines is 1. The van der Waals surface area contributed by atoms with Crippen LogP contribution in [-0.4, -0.2) is 40.2 Å². The average molecular weight is 413 g/mol. The van der Waals surface area contributed by atoms with Crippen molar-refractivity contribution in [3.05, 3.63) is 65.7 Å². The SMILES string of the molecule is O=C(/C=C/c1ccc(S(=O)(=O)N2CCc3ccccc32)cc1)OCC1CCCO1. The van der Waals surface area contributed by atoms with Gasteiger partial charge in [-0.2, -0.15) is 0 Å². The van der Waals surface area contributed by atoms with Crippen LogP contribution in [0, 0.1) is 0 Å². The lowest BCUT2D eigenvalue weighted by molar-refractivity contribution is -0.140. The van der Waals surface area contributed by atoms with E-state index in [1.165, 1.54) is 10.4 Å². The van der Waals surface area contributed by atoms with Gasteiger partial charge in [0.25, 0.3) is 10.0 Å². The first-order chi connectivity index (χ1) is 14.0. The number of carbonyl (C=O) groups excluding carboxylic acids is 1. The number of rotatable bonds is 6. The summed E-state index contributed by atoms with van der Waals surface area (Å²) < 4.78 is 38.1. The molecule has 0 N–H and O–H groups in total. The van der Waals surface area contributed by atoms with Gasteiger partial charge < -0.3 is 9.47 Å². The highest BCUT2D eigenvalue weighted by atomic mass is 32.2. The molecule has 7 heteroatoms. The maximum atomic E-state index is 13.0. The number of nitrogens with zero attached hydrogens (tertiary/aromatic N) is 1. The second-order valence-electron chi connectivity index (χ2n) is 7.12. The smallest absolute Gasteiger partial charge is 0.330 e. The Hall–Kier alpha value is -2.64. The minimum absolute atomic E-state index is 0.00689. The molecule has 1 atom stereocenters. The Labute approximate surface area is 170 Å². The van der Waals surface area contributed by atoms with E-state index in [9.17, 15) is 13.2 Å². The van der Waals surface area contributed by atoms with Crippen LogP contribution < -0.4 is 4.31 Å². The van der Waals surface area contributed by atoms with Gasteiger partial charge in [0.1, 0.15) is 6.61 Å². The second-order valence-corrected chi connectivity index (χ2v) is 8.99. The largest absolute Gasteiger partial charge is 0.460 e. The molecule has 1 saturated heterocycles. The molecule has 0 aromatic heterocycles. The van der Waals surface area contributed by atoms with E-state index in [2.05, 4.69) is 0 Å². The second kappa shape index (κ2) is 8.39. The van der Waals surface area contributed by atoms with E-state index in [4.69, 9.17) is 9.47 Å². The highest BCUT2D eigenvalue weighted by Crippen LogP contribution is 2.32. The number of ether oxygens (including phenoxy) is 2. The van der Waals surface area contributed by atoms with Crippen molar-refractivity contribution < 1.29 is 22.7 Å². The molecule has 1 fully saturated rings.